The summed E-state index contributed by atoms with van der Waals surface area (Å²) < 4.78 is 5.29. The van der Waals surface area contributed by atoms with Gasteiger partial charge in [-0.25, -0.2) is 9.78 Å². The zero-order chi connectivity index (χ0) is 10.1. The van der Waals surface area contributed by atoms with Crippen molar-refractivity contribution >= 4 is 32.8 Å². The maximum Gasteiger partial charge on any atom is 0.340 e. The van der Waals surface area contributed by atoms with Gasteiger partial charge in [-0.2, -0.15) is 0 Å². The van der Waals surface area contributed by atoms with E-state index in [1.165, 1.54) is 7.11 Å². The Balaban J connectivity index is 2.73. The molecule has 2 aromatic rings. The zero-order valence-electron chi connectivity index (χ0n) is 7.37. The second-order valence-electron chi connectivity index (χ2n) is 2.72. The Kier molecular flexibility index (Phi) is 2.25. The van der Waals surface area contributed by atoms with Gasteiger partial charge in [-0.05, 0) is 22.0 Å². The van der Waals surface area contributed by atoms with Crippen LogP contribution in [0.15, 0.2) is 23.1 Å². The third-order valence-electron chi connectivity index (χ3n) is 1.95. The van der Waals surface area contributed by atoms with Crippen LogP contribution in [0.4, 0.5) is 0 Å². The smallest absolute Gasteiger partial charge is 0.340 e. The van der Waals surface area contributed by atoms with Gasteiger partial charge in [-0.1, -0.05) is 0 Å². The number of hydrogen-bond acceptors (Lipinski definition) is 3. The number of methoxy groups -OCH3 is 1. The number of pyridine rings is 1. The Morgan fingerprint density at radius 3 is 3.14 bits per heavy atom. The fourth-order valence-corrected chi connectivity index (χ4v) is 1.85. The quantitative estimate of drug-likeness (QED) is 0.627. The lowest BCUT2D eigenvalue weighted by molar-refractivity contribution is 0.0603. The maximum atomic E-state index is 11.3. The molecule has 0 saturated heterocycles. The Morgan fingerprint density at radius 2 is 2.43 bits per heavy atom. The summed E-state index contributed by atoms with van der Waals surface area (Å²) >= 11 is 3.29. The van der Waals surface area contributed by atoms with Gasteiger partial charge < -0.3 is 9.72 Å². The van der Waals surface area contributed by atoms with Gasteiger partial charge in [-0.3, -0.25) is 0 Å². The summed E-state index contributed by atoms with van der Waals surface area (Å²) in [6.07, 6.45) is 3.27. The highest BCUT2D eigenvalue weighted by Gasteiger charge is 2.14. The van der Waals surface area contributed by atoms with Crippen molar-refractivity contribution < 1.29 is 9.53 Å². The number of carbonyl (C=O) groups is 1. The Labute approximate surface area is 88.4 Å². The molecule has 2 heterocycles. The molecule has 0 atom stereocenters. The van der Waals surface area contributed by atoms with Crippen LogP contribution < -0.4 is 0 Å². The summed E-state index contributed by atoms with van der Waals surface area (Å²) in [5.74, 6) is -0.370. The van der Waals surface area contributed by atoms with Gasteiger partial charge in [0.05, 0.1) is 18.2 Å². The van der Waals surface area contributed by atoms with Crippen molar-refractivity contribution in [3.63, 3.8) is 0 Å². The molecule has 0 aliphatic rings. The van der Waals surface area contributed by atoms with Crippen molar-refractivity contribution in [3.8, 4) is 0 Å². The lowest BCUT2D eigenvalue weighted by Crippen LogP contribution is -1.99. The molecule has 72 valence electrons. The standard InChI is InChI=1S/C9H7BrN2O2/c1-14-9(13)5-4-12-6-2-3-11-8(10)7(5)6/h2-4,12H,1H3. The third kappa shape index (κ3) is 1.29. The van der Waals surface area contributed by atoms with E-state index in [0.29, 0.717) is 10.2 Å². The molecule has 2 rings (SSSR count). The average Bonchev–Trinajstić information content (AvgIpc) is 2.62. The number of H-pyrrole nitrogens is 1. The van der Waals surface area contributed by atoms with Gasteiger partial charge in [0, 0.05) is 17.8 Å². The van der Waals surface area contributed by atoms with E-state index in [9.17, 15) is 4.79 Å². The summed E-state index contributed by atoms with van der Waals surface area (Å²) in [5, 5.41) is 0.749. The number of fused-ring (bicyclic) bond motifs is 1. The normalized spacial score (nSPS) is 10.4. The minimum absolute atomic E-state index is 0.370. The van der Waals surface area contributed by atoms with Gasteiger partial charge >= 0.3 is 5.97 Å². The summed E-state index contributed by atoms with van der Waals surface area (Å²) in [6, 6.07) is 1.80. The molecular weight excluding hydrogens is 248 g/mol. The lowest BCUT2D eigenvalue weighted by atomic mass is 10.2. The molecular formula is C9H7BrN2O2. The number of aromatic nitrogens is 2. The Hall–Kier alpha value is -1.36. The molecule has 0 saturated carbocycles. The molecule has 0 bridgehead atoms. The first kappa shape index (κ1) is 9.21. The first-order chi connectivity index (χ1) is 6.74. The Bertz CT molecular complexity index is 493. The number of aromatic amines is 1. The summed E-state index contributed by atoms with van der Waals surface area (Å²) in [6.45, 7) is 0. The molecule has 0 fully saturated rings. The highest BCUT2D eigenvalue weighted by molar-refractivity contribution is 9.10. The van der Waals surface area contributed by atoms with Crippen LogP contribution in [0.5, 0.6) is 0 Å². The first-order valence-corrected chi connectivity index (χ1v) is 4.73. The van der Waals surface area contributed by atoms with E-state index in [-0.39, 0.29) is 5.97 Å². The van der Waals surface area contributed by atoms with Gasteiger partial charge in [0.2, 0.25) is 0 Å². The van der Waals surface area contributed by atoms with Crippen molar-refractivity contribution in [1.82, 2.24) is 9.97 Å². The van der Waals surface area contributed by atoms with E-state index in [1.807, 2.05) is 0 Å². The van der Waals surface area contributed by atoms with E-state index < -0.39 is 0 Å². The SMILES string of the molecule is COC(=O)c1c[nH]c2ccnc(Br)c12. The minimum Gasteiger partial charge on any atom is -0.465 e. The average molecular weight is 255 g/mol. The van der Waals surface area contributed by atoms with E-state index in [0.717, 1.165) is 10.9 Å². The predicted octanol–water partition coefficient (Wildman–Crippen LogP) is 2.11. The molecule has 0 aromatic carbocycles. The van der Waals surface area contributed by atoms with Crippen LogP contribution in [0, 0.1) is 0 Å². The number of rotatable bonds is 1. The summed E-state index contributed by atoms with van der Waals surface area (Å²) in [5.41, 5.74) is 1.34. The number of esters is 1. The molecule has 1 N–H and O–H groups in total. The molecule has 5 heteroatoms. The molecule has 4 nitrogen and oxygen atoms in total. The number of carbonyl (C=O) groups excluding carboxylic acids is 1. The third-order valence-corrected chi connectivity index (χ3v) is 2.55. The number of hydrogen-bond donors (Lipinski definition) is 1. The second-order valence-corrected chi connectivity index (χ2v) is 3.47. The molecule has 14 heavy (non-hydrogen) atoms. The summed E-state index contributed by atoms with van der Waals surface area (Å²) in [4.78, 5) is 18.4. The largest absolute Gasteiger partial charge is 0.465 e. The van der Waals surface area contributed by atoms with Crippen LogP contribution in [-0.2, 0) is 4.74 Å². The fraction of sp³-hybridized carbons (Fsp3) is 0.111. The van der Waals surface area contributed by atoms with E-state index in [2.05, 4.69) is 30.6 Å². The van der Waals surface area contributed by atoms with Gasteiger partial charge in [0.15, 0.2) is 0 Å². The van der Waals surface area contributed by atoms with Crippen LogP contribution in [0.25, 0.3) is 10.9 Å². The minimum atomic E-state index is -0.370. The van der Waals surface area contributed by atoms with Crippen LogP contribution in [0.2, 0.25) is 0 Å². The molecule has 0 unspecified atom stereocenters. The van der Waals surface area contributed by atoms with Crippen molar-refractivity contribution in [3.05, 3.63) is 28.6 Å². The van der Waals surface area contributed by atoms with Crippen LogP contribution in [0.1, 0.15) is 10.4 Å². The number of ether oxygens (including phenoxy) is 1. The van der Waals surface area contributed by atoms with E-state index in [1.54, 1.807) is 18.5 Å². The molecule has 0 spiro atoms. The fourth-order valence-electron chi connectivity index (χ4n) is 1.31. The topological polar surface area (TPSA) is 55.0 Å². The van der Waals surface area contributed by atoms with Gasteiger partial charge in [0.25, 0.3) is 0 Å². The van der Waals surface area contributed by atoms with Crippen LogP contribution in [0.3, 0.4) is 0 Å². The molecule has 0 aliphatic carbocycles. The molecule has 0 aliphatic heterocycles. The Morgan fingerprint density at radius 1 is 1.64 bits per heavy atom. The molecule has 0 amide bonds. The number of nitrogens with zero attached hydrogens (tertiary/aromatic N) is 1. The van der Waals surface area contributed by atoms with Crippen molar-refractivity contribution in [2.75, 3.05) is 7.11 Å². The van der Waals surface area contributed by atoms with Crippen molar-refractivity contribution in [2.24, 2.45) is 0 Å². The van der Waals surface area contributed by atoms with Gasteiger partial charge in [-0.15, -0.1) is 0 Å². The lowest BCUT2D eigenvalue weighted by Gasteiger charge is -1.97. The second kappa shape index (κ2) is 3.42. The van der Waals surface area contributed by atoms with Crippen molar-refractivity contribution in [2.45, 2.75) is 0 Å². The number of halogens is 1. The van der Waals surface area contributed by atoms with E-state index >= 15 is 0 Å². The molecule has 2 aromatic heterocycles. The highest BCUT2D eigenvalue weighted by Crippen LogP contribution is 2.25. The maximum absolute atomic E-state index is 11.3. The van der Waals surface area contributed by atoms with Crippen LogP contribution in [-0.4, -0.2) is 23.0 Å². The molecule has 0 radical (unpaired) electrons. The summed E-state index contributed by atoms with van der Waals surface area (Å²) in [7, 11) is 1.35. The van der Waals surface area contributed by atoms with Gasteiger partial charge in [0.1, 0.15) is 4.60 Å². The monoisotopic (exact) mass is 254 g/mol. The van der Waals surface area contributed by atoms with Crippen LogP contribution >= 0.6 is 15.9 Å². The van der Waals surface area contributed by atoms with Crippen molar-refractivity contribution in [1.29, 1.82) is 0 Å². The number of nitrogens with one attached hydrogen (secondary N) is 1. The highest BCUT2D eigenvalue weighted by atomic mass is 79.9. The zero-order valence-corrected chi connectivity index (χ0v) is 8.96. The first-order valence-electron chi connectivity index (χ1n) is 3.94. The van der Waals surface area contributed by atoms with E-state index in [4.69, 9.17) is 0 Å². The predicted molar refractivity (Wildman–Crippen MR) is 55.1 cm³/mol.